The molecule has 0 bridgehead atoms. The molecule has 2 aromatic rings. The van der Waals surface area contributed by atoms with Gasteiger partial charge in [0, 0.05) is 31.4 Å². The van der Waals surface area contributed by atoms with Crippen molar-refractivity contribution in [1.29, 1.82) is 0 Å². The van der Waals surface area contributed by atoms with E-state index in [4.69, 9.17) is 23.1 Å². The van der Waals surface area contributed by atoms with E-state index in [1.165, 1.54) is 23.3 Å². The Morgan fingerprint density at radius 3 is 2.48 bits per heavy atom. The zero-order valence-electron chi connectivity index (χ0n) is 18.9. The molecule has 1 saturated carbocycles. The average molecular weight is 469 g/mol. The van der Waals surface area contributed by atoms with Crippen molar-refractivity contribution in [3.63, 3.8) is 0 Å². The van der Waals surface area contributed by atoms with E-state index in [-0.39, 0.29) is 22.6 Å². The number of halogens is 2. The van der Waals surface area contributed by atoms with Crippen LogP contribution in [0.25, 0.3) is 5.57 Å². The number of nitrogens with two attached hydrogens (primary N) is 2. The Morgan fingerprint density at radius 1 is 1.18 bits per heavy atom. The molecule has 0 aromatic heterocycles. The minimum atomic E-state index is -0.388. The van der Waals surface area contributed by atoms with E-state index in [9.17, 15) is 9.18 Å². The summed E-state index contributed by atoms with van der Waals surface area (Å²) in [4.78, 5) is 15.2. The van der Waals surface area contributed by atoms with Gasteiger partial charge in [-0.15, -0.1) is 0 Å². The molecule has 33 heavy (non-hydrogen) atoms. The van der Waals surface area contributed by atoms with Crippen LogP contribution in [0.4, 0.5) is 10.1 Å². The van der Waals surface area contributed by atoms with E-state index in [1.54, 1.807) is 20.2 Å². The first-order valence-electron chi connectivity index (χ1n) is 10.9. The van der Waals surface area contributed by atoms with Crippen LogP contribution in [0.2, 0.25) is 5.02 Å². The Labute approximate surface area is 199 Å². The first-order chi connectivity index (χ1) is 15.9. The van der Waals surface area contributed by atoms with Crippen LogP contribution in [0, 0.1) is 23.6 Å². The van der Waals surface area contributed by atoms with Gasteiger partial charge in [-0.25, -0.2) is 4.39 Å². The van der Waals surface area contributed by atoms with Crippen LogP contribution in [0.15, 0.2) is 70.9 Å². The van der Waals surface area contributed by atoms with Crippen molar-refractivity contribution in [1.82, 2.24) is 0 Å². The molecule has 1 fully saturated rings. The number of amidine groups is 1. The van der Waals surface area contributed by atoms with Gasteiger partial charge >= 0.3 is 0 Å². The molecule has 3 unspecified atom stereocenters. The number of hydrogen-bond donors (Lipinski definition) is 3. The molecule has 0 radical (unpaired) electrons. The van der Waals surface area contributed by atoms with E-state index >= 15 is 0 Å². The predicted octanol–water partition coefficient (Wildman–Crippen LogP) is 5.04. The summed E-state index contributed by atoms with van der Waals surface area (Å²) in [5, 5.41) is 2.99. The zero-order chi connectivity index (χ0) is 24.0. The van der Waals surface area contributed by atoms with Crippen molar-refractivity contribution in [3.8, 4) is 0 Å². The predicted molar refractivity (Wildman–Crippen MR) is 135 cm³/mol. The first-order valence-corrected chi connectivity index (χ1v) is 11.3. The van der Waals surface area contributed by atoms with Crippen LogP contribution in [0.1, 0.15) is 24.8 Å². The normalized spacial score (nSPS) is 22.5. The fraction of sp³-hybridized carbons (Fsp3) is 0.308. The summed E-state index contributed by atoms with van der Waals surface area (Å²) in [6, 6.07) is 15.0. The fourth-order valence-electron chi connectivity index (χ4n) is 4.59. The van der Waals surface area contributed by atoms with Crippen molar-refractivity contribution in [2.75, 3.05) is 19.4 Å². The lowest BCUT2D eigenvalue weighted by Gasteiger charge is -2.14. The SMILES string of the molecule is CN=C(N)/C(C=O)=C(\N)C1CC2C=C(c3ccccc3)CC2C1.CNc1ccc(F)c(Cl)c1. The molecule has 0 aliphatic heterocycles. The molecule has 174 valence electrons. The third kappa shape index (κ3) is 5.82. The highest BCUT2D eigenvalue weighted by molar-refractivity contribution is 6.31. The third-order valence-electron chi connectivity index (χ3n) is 6.39. The highest BCUT2D eigenvalue weighted by Gasteiger charge is 2.39. The molecular formula is C26H30ClFN4O. The highest BCUT2D eigenvalue weighted by atomic mass is 35.5. The third-order valence-corrected chi connectivity index (χ3v) is 6.67. The molecule has 2 aromatic carbocycles. The van der Waals surface area contributed by atoms with Crippen LogP contribution >= 0.6 is 11.6 Å². The maximum atomic E-state index is 12.5. The fourth-order valence-corrected chi connectivity index (χ4v) is 4.77. The van der Waals surface area contributed by atoms with E-state index < -0.39 is 0 Å². The van der Waals surface area contributed by atoms with Gasteiger partial charge in [-0.1, -0.05) is 48.0 Å². The van der Waals surface area contributed by atoms with Gasteiger partial charge < -0.3 is 16.8 Å². The minimum Gasteiger partial charge on any atom is -0.401 e. The van der Waals surface area contributed by atoms with Crippen molar-refractivity contribution in [2.24, 2.45) is 34.2 Å². The van der Waals surface area contributed by atoms with E-state index in [0.29, 0.717) is 23.1 Å². The molecule has 7 heteroatoms. The Hall–Kier alpha value is -3.12. The lowest BCUT2D eigenvalue weighted by Crippen LogP contribution is -2.23. The van der Waals surface area contributed by atoms with Gasteiger partial charge in [0.1, 0.15) is 11.7 Å². The summed E-state index contributed by atoms with van der Waals surface area (Å²) in [7, 11) is 3.33. The number of aliphatic imine (C=N–C) groups is 1. The quantitative estimate of drug-likeness (QED) is 0.248. The van der Waals surface area contributed by atoms with Crippen LogP contribution in [0.3, 0.4) is 0 Å². The second-order valence-electron chi connectivity index (χ2n) is 8.33. The molecule has 0 spiro atoms. The van der Waals surface area contributed by atoms with Crippen molar-refractivity contribution >= 4 is 35.0 Å². The smallest absolute Gasteiger partial charge is 0.155 e. The first kappa shape index (κ1) is 24.5. The molecule has 4 rings (SSSR count). The lowest BCUT2D eigenvalue weighted by atomic mass is 9.94. The second kappa shape index (κ2) is 11.1. The Kier molecular flexibility index (Phi) is 8.28. The molecule has 5 N–H and O–H groups in total. The number of aldehydes is 1. The van der Waals surface area contributed by atoms with E-state index in [1.807, 2.05) is 6.07 Å². The van der Waals surface area contributed by atoms with Gasteiger partial charge in [-0.3, -0.25) is 9.79 Å². The van der Waals surface area contributed by atoms with Crippen LogP contribution in [-0.4, -0.2) is 26.2 Å². The number of rotatable bonds is 5. The van der Waals surface area contributed by atoms with E-state index in [2.05, 4.69) is 40.7 Å². The van der Waals surface area contributed by atoms with Gasteiger partial charge in [0.15, 0.2) is 6.29 Å². The summed E-state index contributed by atoms with van der Waals surface area (Å²) in [6.07, 6.45) is 6.22. The van der Waals surface area contributed by atoms with Crippen LogP contribution in [-0.2, 0) is 4.79 Å². The summed E-state index contributed by atoms with van der Waals surface area (Å²) < 4.78 is 12.5. The number of anilines is 1. The maximum Gasteiger partial charge on any atom is 0.155 e. The summed E-state index contributed by atoms with van der Waals surface area (Å²) in [5.74, 6) is 1.22. The average Bonchev–Trinajstić information content (AvgIpc) is 3.42. The van der Waals surface area contributed by atoms with Gasteiger partial charge in [0.2, 0.25) is 0 Å². The zero-order valence-corrected chi connectivity index (χ0v) is 19.6. The summed E-state index contributed by atoms with van der Waals surface area (Å²) in [6.45, 7) is 0. The van der Waals surface area contributed by atoms with Crippen molar-refractivity contribution in [3.05, 3.63) is 82.3 Å². The standard InChI is InChI=1S/C19H23N3O.C7H7ClFN/c1-22-19(21)17(11-23)18(20)16-9-14-7-13(8-15(14)10-16)12-5-3-2-4-6-12;1-10-5-2-3-7(9)6(8)4-5/h2-7,11,14-16H,8-10,20H2,1H3,(H2,21,22);2-4,10H,1H3/b18-17-;. The van der Waals surface area contributed by atoms with Gasteiger partial charge in [-0.2, -0.15) is 0 Å². The number of allylic oxidation sites excluding steroid dienone is 3. The molecular weight excluding hydrogens is 439 g/mol. The number of carbonyl (C=O) groups is 1. The lowest BCUT2D eigenvalue weighted by molar-refractivity contribution is -0.104. The number of nitrogens with one attached hydrogen (secondary N) is 1. The molecule has 0 heterocycles. The summed E-state index contributed by atoms with van der Waals surface area (Å²) >= 11 is 5.48. The summed E-state index contributed by atoms with van der Waals surface area (Å²) in [5.41, 5.74) is 16.5. The topological polar surface area (TPSA) is 93.5 Å². The number of nitrogens with zero attached hydrogens (tertiary/aromatic N) is 1. The van der Waals surface area contributed by atoms with Crippen molar-refractivity contribution in [2.45, 2.75) is 19.3 Å². The van der Waals surface area contributed by atoms with Gasteiger partial charge in [-0.05, 0) is 60.4 Å². The second-order valence-corrected chi connectivity index (χ2v) is 8.74. The van der Waals surface area contributed by atoms with Gasteiger partial charge in [0.05, 0.1) is 10.6 Å². The largest absolute Gasteiger partial charge is 0.401 e. The van der Waals surface area contributed by atoms with Crippen LogP contribution in [0.5, 0.6) is 0 Å². The molecule has 2 aliphatic rings. The van der Waals surface area contributed by atoms with E-state index in [0.717, 1.165) is 31.2 Å². The minimum absolute atomic E-state index is 0.145. The van der Waals surface area contributed by atoms with Crippen molar-refractivity contribution < 1.29 is 9.18 Å². The molecule has 5 nitrogen and oxygen atoms in total. The Morgan fingerprint density at radius 2 is 1.91 bits per heavy atom. The number of hydrogen-bond acceptors (Lipinski definition) is 4. The Bertz CT molecular complexity index is 1080. The monoisotopic (exact) mass is 468 g/mol. The molecule has 0 amide bonds. The van der Waals surface area contributed by atoms with Crippen LogP contribution < -0.4 is 16.8 Å². The number of fused-ring (bicyclic) bond motifs is 1. The maximum absolute atomic E-state index is 12.5. The van der Waals surface area contributed by atoms with Gasteiger partial charge in [0.25, 0.3) is 0 Å². The Balaban J connectivity index is 0.000000257. The molecule has 3 atom stereocenters. The molecule has 0 saturated heterocycles. The molecule has 2 aliphatic carbocycles. The highest BCUT2D eigenvalue weighted by Crippen LogP contribution is 2.49. The number of carbonyl (C=O) groups excluding carboxylic acids is 1. The number of benzene rings is 2.